The van der Waals surface area contributed by atoms with Crippen LogP contribution in [0.5, 0.6) is 0 Å². The molecule has 4 fully saturated rings. The van der Waals surface area contributed by atoms with Crippen molar-refractivity contribution in [3.63, 3.8) is 0 Å². The molecule has 4 rings (SSSR count). The number of hydrogen-bond donors (Lipinski definition) is 0. The maximum Gasteiger partial charge on any atom is 0.313 e. The molecule has 18 heteroatoms. The van der Waals surface area contributed by atoms with Crippen molar-refractivity contribution in [1.29, 1.82) is 0 Å². The smallest absolute Gasteiger partial charge is 0.313 e. The average Bonchev–Trinajstić information content (AvgIpc) is 1.59. The Morgan fingerprint density at radius 1 is 0.418 bits per heavy atom. The minimum Gasteiger partial charge on any atom is -0.438 e. The summed E-state index contributed by atoms with van der Waals surface area (Å²) in [4.78, 5) is 69.7. The van der Waals surface area contributed by atoms with Crippen molar-refractivity contribution in [2.24, 2.45) is 66.0 Å². The van der Waals surface area contributed by atoms with E-state index in [2.05, 4.69) is 46.3 Å². The maximum atomic E-state index is 12.2. The van der Waals surface area contributed by atoms with Crippen molar-refractivity contribution >= 4 is 35.8 Å². The van der Waals surface area contributed by atoms with Gasteiger partial charge in [-0.15, -0.1) is 0 Å². The number of fused-ring (bicyclic) bond motifs is 4. The topological polar surface area (TPSA) is 213 Å². The van der Waals surface area contributed by atoms with Gasteiger partial charge in [-0.05, 0) is 235 Å². The molecule has 91 heavy (non-hydrogen) atoms. The molecule has 0 aromatic carbocycles. The summed E-state index contributed by atoms with van der Waals surface area (Å²) in [6, 6.07) is 0. The van der Waals surface area contributed by atoms with Crippen LogP contribution in [0.3, 0.4) is 0 Å². The zero-order valence-corrected chi connectivity index (χ0v) is 64.0. The molecular weight excluding hydrogens is 1160 g/mol. The van der Waals surface area contributed by atoms with Gasteiger partial charge in [0.2, 0.25) is 0 Å². The second-order valence-electron chi connectivity index (χ2n) is 31.2. The molecule has 0 spiro atoms. The van der Waals surface area contributed by atoms with Crippen LogP contribution in [0.25, 0.3) is 0 Å². The molecule has 0 saturated heterocycles. The van der Waals surface area contributed by atoms with Gasteiger partial charge < -0.3 is 56.8 Å². The standard InChI is InChI=1S/2C18H32O3.2C10H20O3.C9H18O3.C8H16O3/c2*1-8-16(3,4)15(19)21-12(2)20-14-17(5,6)13-9-10-18(14,7)11-13;1-6-10(4,5)9(11)13-8(3)12-7-2;1-5-7-12-8-13-9(11)10(3,4)6-2;1-6-9(3,4)8(10)12-7(2)11-5;1-5-8(2,3)7(9)11-6-10-4/h2*12-14H,8-11H2,1-7H3;8H,6-7H2,1-5H3;5-8H2,1-4H3;7H,6H2,1-5H3;5-6H2,1-4H3. The van der Waals surface area contributed by atoms with Gasteiger partial charge in [0.15, 0.2) is 38.7 Å². The van der Waals surface area contributed by atoms with Gasteiger partial charge in [-0.3, -0.25) is 28.8 Å². The fraction of sp³-hybridized carbons (Fsp3) is 0.918. The third-order valence-electron chi connectivity index (χ3n) is 20.3. The molecular formula is C73H138O18. The van der Waals surface area contributed by atoms with E-state index in [-0.39, 0.29) is 83.3 Å². The number of methoxy groups -OCH3 is 2. The molecule has 18 nitrogen and oxygen atoms in total. The summed E-state index contributed by atoms with van der Waals surface area (Å²) in [6.45, 7) is 60.7. The summed E-state index contributed by atoms with van der Waals surface area (Å²) in [5.74, 6) is 0.348. The minimum absolute atomic E-state index is 0.0439. The molecule has 0 heterocycles. The van der Waals surface area contributed by atoms with Crippen LogP contribution in [-0.2, 0) is 85.6 Å². The van der Waals surface area contributed by atoms with E-state index in [0.29, 0.717) is 13.2 Å². The molecule has 4 aliphatic rings. The first-order valence-corrected chi connectivity index (χ1v) is 34.2. The number of carbonyl (C=O) groups is 6. The lowest BCUT2D eigenvalue weighted by atomic mass is 9.70. The predicted octanol–water partition coefficient (Wildman–Crippen LogP) is 17.3. The van der Waals surface area contributed by atoms with Gasteiger partial charge in [0.1, 0.15) is 0 Å². The highest BCUT2D eigenvalue weighted by atomic mass is 16.7. The number of ether oxygens (including phenoxy) is 12. The van der Waals surface area contributed by atoms with Crippen LogP contribution in [0.15, 0.2) is 0 Å². The van der Waals surface area contributed by atoms with Crippen molar-refractivity contribution in [1.82, 2.24) is 0 Å². The largest absolute Gasteiger partial charge is 0.438 e. The van der Waals surface area contributed by atoms with Crippen LogP contribution in [0.2, 0.25) is 0 Å². The highest BCUT2D eigenvalue weighted by molar-refractivity contribution is 5.78. The van der Waals surface area contributed by atoms with Crippen LogP contribution < -0.4 is 0 Å². The lowest BCUT2D eigenvalue weighted by Crippen LogP contribution is -2.45. The van der Waals surface area contributed by atoms with Crippen molar-refractivity contribution in [2.75, 3.05) is 41.0 Å². The number of esters is 6. The summed E-state index contributed by atoms with van der Waals surface area (Å²) < 4.78 is 63.0. The number of carbonyl (C=O) groups excluding carboxylic acids is 6. The van der Waals surface area contributed by atoms with E-state index in [9.17, 15) is 28.8 Å². The van der Waals surface area contributed by atoms with Crippen LogP contribution in [0.1, 0.15) is 291 Å². The molecule has 0 amide bonds. The fourth-order valence-electron chi connectivity index (χ4n) is 10.9. The summed E-state index contributed by atoms with van der Waals surface area (Å²) in [5.41, 5.74) is -1.64. The van der Waals surface area contributed by atoms with E-state index in [0.717, 1.165) is 56.8 Å². The van der Waals surface area contributed by atoms with Gasteiger partial charge in [0.05, 0.1) is 51.3 Å². The van der Waals surface area contributed by atoms with Crippen LogP contribution >= 0.6 is 0 Å². The Kier molecular flexibility index (Phi) is 38.4. The zero-order valence-electron chi connectivity index (χ0n) is 64.0. The first-order valence-electron chi connectivity index (χ1n) is 34.2. The Morgan fingerprint density at radius 2 is 0.703 bits per heavy atom. The Labute approximate surface area is 554 Å². The van der Waals surface area contributed by atoms with Crippen LogP contribution in [0, 0.1) is 66.0 Å². The molecule has 4 saturated carbocycles. The van der Waals surface area contributed by atoms with Gasteiger partial charge in [-0.1, -0.05) is 90.0 Å². The molecule has 0 aromatic heterocycles. The first kappa shape index (κ1) is 89.6. The predicted molar refractivity (Wildman–Crippen MR) is 359 cm³/mol. The molecule has 0 radical (unpaired) electrons. The van der Waals surface area contributed by atoms with E-state index in [1.807, 2.05) is 152 Å². The van der Waals surface area contributed by atoms with Crippen LogP contribution in [-0.4, -0.2) is 114 Å². The van der Waals surface area contributed by atoms with Crippen molar-refractivity contribution in [3.8, 4) is 0 Å². The summed E-state index contributed by atoms with van der Waals surface area (Å²) in [5, 5.41) is 0. The second-order valence-corrected chi connectivity index (χ2v) is 31.2. The van der Waals surface area contributed by atoms with Crippen molar-refractivity contribution < 1.29 is 85.6 Å². The SMILES string of the molecule is CCC(C)(C)C(=O)OC(C)OC.CCC(C)(C)C(=O)OC(C)OC1C2(C)CCC(C2)C1(C)C.CCC(C)(C)C(=O)OC(C)OC1C2(C)CCC(C2)C1(C)C.CCC(C)(C)C(=O)OCOC.CCCOCOC(=O)C(C)(C)CC.CCOC(C)OC(=O)C(C)(C)CC. The third-order valence-corrected chi connectivity index (χ3v) is 20.3. The molecule has 0 aliphatic heterocycles. The second kappa shape index (κ2) is 39.0. The minimum atomic E-state index is -0.469. The molecule has 10 unspecified atom stereocenters. The van der Waals surface area contributed by atoms with Crippen LogP contribution in [0.4, 0.5) is 0 Å². The molecule has 0 N–H and O–H groups in total. The fourth-order valence-corrected chi connectivity index (χ4v) is 10.9. The summed E-state index contributed by atoms with van der Waals surface area (Å²) >= 11 is 0. The highest BCUT2D eigenvalue weighted by Crippen LogP contribution is 2.65. The quantitative estimate of drug-likeness (QED) is 0.0295. The number of hydrogen-bond acceptors (Lipinski definition) is 18. The highest BCUT2D eigenvalue weighted by Gasteiger charge is 2.62. The van der Waals surface area contributed by atoms with E-state index < -0.39 is 57.7 Å². The van der Waals surface area contributed by atoms with E-state index in [1.165, 1.54) is 52.7 Å². The molecule has 538 valence electrons. The average molecular weight is 1300 g/mol. The van der Waals surface area contributed by atoms with Gasteiger partial charge in [0, 0.05) is 20.8 Å². The van der Waals surface area contributed by atoms with Gasteiger partial charge in [-0.25, -0.2) is 0 Å². The van der Waals surface area contributed by atoms with Gasteiger partial charge in [0.25, 0.3) is 0 Å². The first-order chi connectivity index (χ1) is 41.5. The molecule has 10 atom stereocenters. The Bertz CT molecular complexity index is 2070. The zero-order chi connectivity index (χ0) is 71.6. The van der Waals surface area contributed by atoms with E-state index in [4.69, 9.17) is 52.1 Å². The lowest BCUT2D eigenvalue weighted by molar-refractivity contribution is -0.219. The van der Waals surface area contributed by atoms with Crippen molar-refractivity contribution in [2.45, 2.75) is 329 Å². The van der Waals surface area contributed by atoms with E-state index >= 15 is 0 Å². The Hall–Kier alpha value is -3.42. The normalized spacial score (nSPS) is 23.3. The maximum absolute atomic E-state index is 12.2. The number of rotatable bonds is 29. The van der Waals surface area contributed by atoms with Gasteiger partial charge >= 0.3 is 35.8 Å². The third kappa shape index (κ3) is 28.4. The Morgan fingerprint density at radius 3 is 0.956 bits per heavy atom. The monoisotopic (exact) mass is 1300 g/mol. The Balaban J connectivity index is 0. The molecule has 4 aliphatic carbocycles. The molecule has 0 aromatic rings. The van der Waals surface area contributed by atoms with E-state index in [1.54, 1.807) is 13.8 Å². The van der Waals surface area contributed by atoms with Gasteiger partial charge in [-0.2, -0.15) is 0 Å². The van der Waals surface area contributed by atoms with Crippen molar-refractivity contribution in [3.05, 3.63) is 0 Å². The summed E-state index contributed by atoms with van der Waals surface area (Å²) in [7, 11) is 3.00. The lowest BCUT2D eigenvalue weighted by Gasteiger charge is -2.43. The summed E-state index contributed by atoms with van der Waals surface area (Å²) in [6.07, 6.45) is 11.6. The molecule has 4 bridgehead atoms.